The number of rotatable bonds is 6. The van der Waals surface area contributed by atoms with Gasteiger partial charge in [-0.25, -0.2) is 9.67 Å². The Bertz CT molecular complexity index is 1410. The first-order chi connectivity index (χ1) is 15.7. The summed E-state index contributed by atoms with van der Waals surface area (Å²) in [6.07, 6.45) is 1.78. The highest BCUT2D eigenvalue weighted by Crippen LogP contribution is 2.22. The summed E-state index contributed by atoms with van der Waals surface area (Å²) in [7, 11) is 0. The number of hydrogen-bond donors (Lipinski definition) is 2. The molecule has 0 aliphatic heterocycles. The van der Waals surface area contributed by atoms with Crippen LogP contribution in [0.4, 0.5) is 0 Å². The smallest absolute Gasteiger partial charge is 0.251 e. The summed E-state index contributed by atoms with van der Waals surface area (Å²) in [5, 5.41) is 21.1. The summed E-state index contributed by atoms with van der Waals surface area (Å²) >= 11 is 0. The number of nitrogens with zero attached hydrogens (tertiary/aromatic N) is 5. The highest BCUT2D eigenvalue weighted by atomic mass is 16.3. The number of aromatic nitrogens is 5. The van der Waals surface area contributed by atoms with Crippen LogP contribution in [0, 0.1) is 0 Å². The first-order valence-corrected chi connectivity index (χ1v) is 10.2. The Kier molecular flexibility index (Phi) is 5.27. The zero-order valence-electron chi connectivity index (χ0n) is 17.1. The molecule has 5 rings (SSSR count). The van der Waals surface area contributed by atoms with Crippen LogP contribution in [-0.2, 0) is 6.54 Å². The molecule has 0 fully saturated rings. The second-order valence-corrected chi connectivity index (χ2v) is 7.37. The number of pyridine rings is 2. The standard InChI is InChI=1S/C24H20N6O2/c31-13-12-26-24(32)18-6-4-17(5-7-18)21-9-10-22-23(27-21)30(29-28-22)15-16-3-8-20-19(14-16)2-1-11-25-20/h1-11,14,31H,12-13,15H2,(H,26,32). The Balaban J connectivity index is 1.42. The molecule has 0 aliphatic carbocycles. The number of amides is 1. The molecule has 0 atom stereocenters. The number of carbonyl (C=O) groups excluding carboxylic acids is 1. The monoisotopic (exact) mass is 424 g/mol. The molecule has 0 spiro atoms. The minimum Gasteiger partial charge on any atom is -0.395 e. The van der Waals surface area contributed by atoms with Crippen molar-refractivity contribution in [2.24, 2.45) is 0 Å². The summed E-state index contributed by atoms with van der Waals surface area (Å²) in [6.45, 7) is 0.677. The first kappa shape index (κ1) is 19.8. The van der Waals surface area contributed by atoms with Crippen molar-refractivity contribution in [2.45, 2.75) is 6.54 Å². The lowest BCUT2D eigenvalue weighted by Gasteiger charge is -2.07. The molecule has 5 aromatic rings. The first-order valence-electron chi connectivity index (χ1n) is 10.2. The normalized spacial score (nSPS) is 11.2. The third-order valence-electron chi connectivity index (χ3n) is 5.20. The van der Waals surface area contributed by atoms with Gasteiger partial charge < -0.3 is 10.4 Å². The van der Waals surface area contributed by atoms with Gasteiger partial charge >= 0.3 is 0 Å². The van der Waals surface area contributed by atoms with Crippen molar-refractivity contribution in [2.75, 3.05) is 13.2 Å². The average Bonchev–Trinajstić information content (AvgIpc) is 3.24. The molecule has 0 radical (unpaired) electrons. The van der Waals surface area contributed by atoms with E-state index in [1.807, 2.05) is 48.5 Å². The number of aliphatic hydroxyl groups excluding tert-OH is 1. The van der Waals surface area contributed by atoms with Gasteiger partial charge in [0.2, 0.25) is 0 Å². The molecule has 8 nitrogen and oxygen atoms in total. The molecule has 0 saturated heterocycles. The molecule has 8 heteroatoms. The van der Waals surface area contributed by atoms with E-state index in [9.17, 15) is 4.79 Å². The lowest BCUT2D eigenvalue weighted by atomic mass is 10.1. The second kappa shape index (κ2) is 8.52. The van der Waals surface area contributed by atoms with Gasteiger partial charge in [-0.3, -0.25) is 9.78 Å². The lowest BCUT2D eigenvalue weighted by molar-refractivity contribution is 0.0945. The van der Waals surface area contributed by atoms with E-state index >= 15 is 0 Å². The highest BCUT2D eigenvalue weighted by Gasteiger charge is 2.11. The topological polar surface area (TPSA) is 106 Å². The van der Waals surface area contributed by atoms with E-state index in [2.05, 4.69) is 26.7 Å². The fraction of sp³-hybridized carbons (Fsp3) is 0.125. The van der Waals surface area contributed by atoms with Crippen molar-refractivity contribution in [3.63, 3.8) is 0 Å². The van der Waals surface area contributed by atoms with Crippen molar-refractivity contribution in [3.8, 4) is 11.3 Å². The number of hydrogen-bond acceptors (Lipinski definition) is 6. The summed E-state index contributed by atoms with van der Waals surface area (Å²) in [6, 6.07) is 21.1. The van der Waals surface area contributed by atoms with Gasteiger partial charge in [0, 0.05) is 29.3 Å². The summed E-state index contributed by atoms with van der Waals surface area (Å²) in [4.78, 5) is 21.2. The molecule has 2 aromatic carbocycles. The zero-order valence-corrected chi connectivity index (χ0v) is 17.1. The van der Waals surface area contributed by atoms with Crippen molar-refractivity contribution in [1.29, 1.82) is 0 Å². The van der Waals surface area contributed by atoms with Crippen LogP contribution in [0.15, 0.2) is 72.9 Å². The van der Waals surface area contributed by atoms with Crippen LogP contribution in [0.5, 0.6) is 0 Å². The maximum absolute atomic E-state index is 12.0. The molecule has 0 aliphatic rings. The van der Waals surface area contributed by atoms with Crippen LogP contribution < -0.4 is 5.32 Å². The fourth-order valence-corrected chi connectivity index (χ4v) is 3.58. The van der Waals surface area contributed by atoms with Gasteiger partial charge in [-0.1, -0.05) is 29.5 Å². The Morgan fingerprint density at radius 3 is 2.69 bits per heavy atom. The molecule has 3 heterocycles. The van der Waals surface area contributed by atoms with Crippen molar-refractivity contribution >= 4 is 28.0 Å². The van der Waals surface area contributed by atoms with Gasteiger partial charge in [0.1, 0.15) is 5.52 Å². The molecule has 3 aromatic heterocycles. The molecule has 32 heavy (non-hydrogen) atoms. The van der Waals surface area contributed by atoms with E-state index in [1.165, 1.54) is 0 Å². The van der Waals surface area contributed by atoms with Crippen LogP contribution in [0.25, 0.3) is 33.3 Å². The molecule has 158 valence electrons. The van der Waals surface area contributed by atoms with E-state index < -0.39 is 0 Å². The second-order valence-electron chi connectivity index (χ2n) is 7.37. The molecule has 0 saturated carbocycles. The van der Waals surface area contributed by atoms with Crippen molar-refractivity contribution in [1.82, 2.24) is 30.3 Å². The Hall–Kier alpha value is -4.17. The SMILES string of the molecule is O=C(NCCO)c1ccc(-c2ccc3nnn(Cc4ccc5ncccc5c4)c3n2)cc1. The van der Waals surface area contributed by atoms with Crippen LogP contribution in [0.2, 0.25) is 0 Å². The summed E-state index contributed by atoms with van der Waals surface area (Å²) < 4.78 is 1.78. The van der Waals surface area contributed by atoms with E-state index in [4.69, 9.17) is 10.1 Å². The Morgan fingerprint density at radius 1 is 1.00 bits per heavy atom. The predicted molar refractivity (Wildman–Crippen MR) is 121 cm³/mol. The molecular weight excluding hydrogens is 404 g/mol. The lowest BCUT2D eigenvalue weighted by Crippen LogP contribution is -2.26. The fourth-order valence-electron chi connectivity index (χ4n) is 3.58. The molecule has 1 amide bonds. The van der Waals surface area contributed by atoms with Gasteiger partial charge in [0.15, 0.2) is 5.65 Å². The van der Waals surface area contributed by atoms with E-state index in [-0.39, 0.29) is 19.1 Å². The minimum absolute atomic E-state index is 0.0917. The van der Waals surface area contributed by atoms with Crippen LogP contribution >= 0.6 is 0 Å². The minimum atomic E-state index is -0.220. The zero-order chi connectivity index (χ0) is 21.9. The number of benzene rings is 2. The predicted octanol–water partition coefficient (Wildman–Crippen LogP) is 2.81. The van der Waals surface area contributed by atoms with E-state index in [1.54, 1.807) is 23.0 Å². The number of nitrogens with one attached hydrogen (secondary N) is 1. The van der Waals surface area contributed by atoms with Gasteiger partial charge in [0.25, 0.3) is 5.91 Å². The van der Waals surface area contributed by atoms with Crippen molar-refractivity contribution < 1.29 is 9.90 Å². The number of fused-ring (bicyclic) bond motifs is 2. The Morgan fingerprint density at radius 2 is 1.84 bits per heavy atom. The third kappa shape index (κ3) is 3.91. The summed E-state index contributed by atoms with van der Waals surface area (Å²) in [5.74, 6) is -0.220. The Labute approximate surface area is 183 Å². The maximum Gasteiger partial charge on any atom is 0.251 e. The van der Waals surface area contributed by atoms with Crippen LogP contribution in [0.3, 0.4) is 0 Å². The van der Waals surface area contributed by atoms with E-state index in [0.29, 0.717) is 17.8 Å². The van der Waals surface area contributed by atoms with Gasteiger partial charge in [0.05, 0.1) is 24.4 Å². The number of aliphatic hydroxyl groups is 1. The van der Waals surface area contributed by atoms with Crippen LogP contribution in [-0.4, -0.2) is 49.1 Å². The molecule has 0 bridgehead atoms. The van der Waals surface area contributed by atoms with Gasteiger partial charge in [-0.05, 0) is 48.0 Å². The quantitative estimate of drug-likeness (QED) is 0.434. The third-order valence-corrected chi connectivity index (χ3v) is 5.20. The van der Waals surface area contributed by atoms with Crippen molar-refractivity contribution in [3.05, 3.63) is 84.1 Å². The number of carbonyl (C=O) groups is 1. The maximum atomic E-state index is 12.0. The van der Waals surface area contributed by atoms with Gasteiger partial charge in [-0.2, -0.15) is 0 Å². The van der Waals surface area contributed by atoms with Crippen LogP contribution in [0.1, 0.15) is 15.9 Å². The largest absolute Gasteiger partial charge is 0.395 e. The van der Waals surface area contributed by atoms with Gasteiger partial charge in [-0.15, -0.1) is 5.10 Å². The average molecular weight is 424 g/mol. The molecule has 2 N–H and O–H groups in total. The van der Waals surface area contributed by atoms with E-state index in [0.717, 1.165) is 33.2 Å². The molecular formula is C24H20N6O2. The highest BCUT2D eigenvalue weighted by molar-refractivity contribution is 5.94. The summed E-state index contributed by atoms with van der Waals surface area (Å²) in [5.41, 5.74) is 5.63. The molecule has 0 unspecified atom stereocenters.